The van der Waals surface area contributed by atoms with E-state index in [1.165, 1.54) is 51.6 Å². The van der Waals surface area contributed by atoms with Gasteiger partial charge in [0.25, 0.3) is 0 Å². The SMILES string of the molecule is CNCC1CCCCN1C1CCCC1C. The summed E-state index contributed by atoms with van der Waals surface area (Å²) in [5.74, 6) is 0.933. The van der Waals surface area contributed by atoms with Crippen molar-refractivity contribution in [3.05, 3.63) is 0 Å². The zero-order valence-electron chi connectivity index (χ0n) is 10.3. The number of hydrogen-bond donors (Lipinski definition) is 1. The Hall–Kier alpha value is -0.0800. The van der Waals surface area contributed by atoms with Gasteiger partial charge < -0.3 is 5.32 Å². The highest BCUT2D eigenvalue weighted by Gasteiger charge is 2.34. The van der Waals surface area contributed by atoms with Gasteiger partial charge in [0.05, 0.1) is 0 Å². The third-order valence-corrected chi connectivity index (χ3v) is 4.35. The summed E-state index contributed by atoms with van der Waals surface area (Å²) in [6, 6.07) is 1.71. The van der Waals surface area contributed by atoms with Gasteiger partial charge in [0.15, 0.2) is 0 Å². The standard InChI is InChI=1S/C13H26N2/c1-11-6-5-8-13(11)15-9-4-3-7-12(15)10-14-2/h11-14H,3-10H2,1-2H3. The van der Waals surface area contributed by atoms with E-state index >= 15 is 0 Å². The van der Waals surface area contributed by atoms with Gasteiger partial charge in [-0.2, -0.15) is 0 Å². The van der Waals surface area contributed by atoms with E-state index in [-0.39, 0.29) is 0 Å². The summed E-state index contributed by atoms with van der Waals surface area (Å²) in [5, 5.41) is 3.36. The lowest BCUT2D eigenvalue weighted by Crippen LogP contribution is -2.50. The van der Waals surface area contributed by atoms with Crippen LogP contribution in [0, 0.1) is 5.92 Å². The third-order valence-electron chi connectivity index (χ3n) is 4.35. The summed E-state index contributed by atoms with van der Waals surface area (Å²) in [6.45, 7) is 4.98. The third kappa shape index (κ3) is 2.54. The van der Waals surface area contributed by atoms with Crippen LogP contribution in [0.2, 0.25) is 0 Å². The molecule has 0 aromatic rings. The molecule has 88 valence electrons. The lowest BCUT2D eigenvalue weighted by molar-refractivity contribution is 0.0775. The number of rotatable bonds is 3. The number of nitrogens with zero attached hydrogens (tertiary/aromatic N) is 1. The fraction of sp³-hybridized carbons (Fsp3) is 1.00. The quantitative estimate of drug-likeness (QED) is 0.768. The lowest BCUT2D eigenvalue weighted by atomic mass is 9.95. The summed E-state index contributed by atoms with van der Waals surface area (Å²) in [5.41, 5.74) is 0. The van der Waals surface area contributed by atoms with Gasteiger partial charge in [-0.15, -0.1) is 0 Å². The Morgan fingerprint density at radius 1 is 1.13 bits per heavy atom. The molecule has 1 heterocycles. The first-order valence-corrected chi connectivity index (χ1v) is 6.73. The number of nitrogens with one attached hydrogen (secondary N) is 1. The van der Waals surface area contributed by atoms with Crippen molar-refractivity contribution >= 4 is 0 Å². The first-order chi connectivity index (χ1) is 7.33. The molecule has 1 N–H and O–H groups in total. The van der Waals surface area contributed by atoms with Crippen molar-refractivity contribution in [2.24, 2.45) is 5.92 Å². The fourth-order valence-corrected chi connectivity index (χ4v) is 3.53. The van der Waals surface area contributed by atoms with Crippen LogP contribution in [0.15, 0.2) is 0 Å². The highest BCUT2D eigenvalue weighted by molar-refractivity contribution is 4.89. The smallest absolute Gasteiger partial charge is 0.0223 e. The Morgan fingerprint density at radius 3 is 2.67 bits per heavy atom. The molecule has 2 fully saturated rings. The predicted molar refractivity (Wildman–Crippen MR) is 65.1 cm³/mol. The van der Waals surface area contributed by atoms with Crippen molar-refractivity contribution in [2.75, 3.05) is 20.1 Å². The number of likely N-dealkylation sites (tertiary alicyclic amines) is 1. The maximum absolute atomic E-state index is 3.36. The van der Waals surface area contributed by atoms with Gasteiger partial charge in [0.1, 0.15) is 0 Å². The van der Waals surface area contributed by atoms with Gasteiger partial charge in [-0.25, -0.2) is 0 Å². The van der Waals surface area contributed by atoms with E-state index in [0.29, 0.717) is 0 Å². The van der Waals surface area contributed by atoms with Crippen molar-refractivity contribution in [1.82, 2.24) is 10.2 Å². The Balaban J connectivity index is 1.97. The predicted octanol–water partition coefficient (Wildman–Crippen LogP) is 2.25. The molecule has 0 radical (unpaired) electrons. The summed E-state index contributed by atoms with van der Waals surface area (Å²) in [7, 11) is 2.09. The van der Waals surface area contributed by atoms with E-state index in [9.17, 15) is 0 Å². The van der Waals surface area contributed by atoms with Crippen LogP contribution < -0.4 is 5.32 Å². The average Bonchev–Trinajstić information content (AvgIpc) is 2.66. The second-order valence-corrected chi connectivity index (χ2v) is 5.42. The van der Waals surface area contributed by atoms with Gasteiger partial charge in [0, 0.05) is 18.6 Å². The molecule has 2 rings (SSSR count). The molecule has 3 unspecified atom stereocenters. The molecule has 1 saturated carbocycles. The van der Waals surface area contributed by atoms with Gasteiger partial charge in [-0.3, -0.25) is 4.90 Å². The van der Waals surface area contributed by atoms with Gasteiger partial charge in [-0.05, 0) is 45.2 Å². The first kappa shape index (κ1) is 11.4. The highest BCUT2D eigenvalue weighted by atomic mass is 15.2. The molecule has 0 aromatic heterocycles. The van der Waals surface area contributed by atoms with Gasteiger partial charge in [0.2, 0.25) is 0 Å². The molecule has 0 bridgehead atoms. The Morgan fingerprint density at radius 2 is 2.00 bits per heavy atom. The highest BCUT2D eigenvalue weighted by Crippen LogP contribution is 2.33. The van der Waals surface area contributed by atoms with Crippen molar-refractivity contribution in [3.8, 4) is 0 Å². The van der Waals surface area contributed by atoms with E-state index in [0.717, 1.165) is 18.0 Å². The normalized spacial score (nSPS) is 38.4. The van der Waals surface area contributed by atoms with E-state index < -0.39 is 0 Å². The van der Waals surface area contributed by atoms with Crippen LogP contribution in [0.3, 0.4) is 0 Å². The molecule has 0 aromatic carbocycles. The molecule has 3 atom stereocenters. The van der Waals surface area contributed by atoms with Crippen molar-refractivity contribution in [2.45, 2.75) is 57.5 Å². The Labute approximate surface area is 94.4 Å². The molecule has 1 aliphatic carbocycles. The minimum Gasteiger partial charge on any atom is -0.318 e. The second-order valence-electron chi connectivity index (χ2n) is 5.42. The van der Waals surface area contributed by atoms with Crippen molar-refractivity contribution in [1.29, 1.82) is 0 Å². The van der Waals surface area contributed by atoms with Crippen LogP contribution in [-0.2, 0) is 0 Å². The molecular weight excluding hydrogens is 184 g/mol. The summed E-state index contributed by atoms with van der Waals surface area (Å²) >= 11 is 0. The summed E-state index contributed by atoms with van der Waals surface area (Å²) in [4.78, 5) is 2.82. The van der Waals surface area contributed by atoms with Crippen molar-refractivity contribution in [3.63, 3.8) is 0 Å². The molecule has 0 amide bonds. The second kappa shape index (κ2) is 5.31. The average molecular weight is 210 g/mol. The van der Waals surface area contributed by atoms with Gasteiger partial charge in [-0.1, -0.05) is 19.8 Å². The van der Waals surface area contributed by atoms with Crippen LogP contribution in [0.5, 0.6) is 0 Å². The monoisotopic (exact) mass is 210 g/mol. The molecule has 2 heteroatoms. The van der Waals surface area contributed by atoms with Crippen LogP contribution in [-0.4, -0.2) is 37.1 Å². The van der Waals surface area contributed by atoms with Gasteiger partial charge >= 0.3 is 0 Å². The van der Waals surface area contributed by atoms with Crippen LogP contribution in [0.4, 0.5) is 0 Å². The molecular formula is C13H26N2. The molecule has 2 aliphatic rings. The van der Waals surface area contributed by atoms with Crippen molar-refractivity contribution < 1.29 is 0 Å². The lowest BCUT2D eigenvalue weighted by Gasteiger charge is -2.41. The van der Waals surface area contributed by atoms with Crippen LogP contribution >= 0.6 is 0 Å². The first-order valence-electron chi connectivity index (χ1n) is 6.73. The summed E-state index contributed by atoms with van der Waals surface area (Å²) in [6.07, 6.45) is 8.61. The minimum absolute atomic E-state index is 0.814. The largest absolute Gasteiger partial charge is 0.318 e. The zero-order valence-corrected chi connectivity index (χ0v) is 10.3. The molecule has 15 heavy (non-hydrogen) atoms. The Bertz CT molecular complexity index is 191. The van der Waals surface area contributed by atoms with E-state index in [1.807, 2.05) is 0 Å². The van der Waals surface area contributed by atoms with E-state index in [2.05, 4.69) is 24.2 Å². The number of likely N-dealkylation sites (N-methyl/N-ethyl adjacent to an activating group) is 1. The molecule has 0 spiro atoms. The molecule has 2 nitrogen and oxygen atoms in total. The topological polar surface area (TPSA) is 15.3 Å². The maximum Gasteiger partial charge on any atom is 0.0223 e. The number of hydrogen-bond acceptors (Lipinski definition) is 2. The zero-order chi connectivity index (χ0) is 10.7. The fourth-order valence-electron chi connectivity index (χ4n) is 3.53. The van der Waals surface area contributed by atoms with Crippen LogP contribution in [0.1, 0.15) is 45.4 Å². The van der Waals surface area contributed by atoms with E-state index in [1.54, 1.807) is 0 Å². The number of piperidine rings is 1. The Kier molecular flexibility index (Phi) is 4.04. The molecule has 1 aliphatic heterocycles. The van der Waals surface area contributed by atoms with Crippen LogP contribution in [0.25, 0.3) is 0 Å². The minimum atomic E-state index is 0.814. The maximum atomic E-state index is 3.36. The summed E-state index contributed by atoms with van der Waals surface area (Å²) < 4.78 is 0. The molecule has 1 saturated heterocycles. The van der Waals surface area contributed by atoms with E-state index in [4.69, 9.17) is 0 Å².